The lowest BCUT2D eigenvalue weighted by atomic mass is 9.80. The van der Waals surface area contributed by atoms with Crippen LogP contribution in [-0.4, -0.2) is 29.5 Å². The van der Waals surface area contributed by atoms with Crippen LogP contribution in [0, 0.1) is 11.8 Å². The van der Waals surface area contributed by atoms with Crippen LogP contribution >= 0.6 is 11.8 Å². The first-order chi connectivity index (χ1) is 7.13. The predicted octanol–water partition coefficient (Wildman–Crippen LogP) is 2.51. The quantitative estimate of drug-likeness (QED) is 0.726. The number of hydrogen-bond donors (Lipinski definition) is 0. The van der Waals surface area contributed by atoms with Crippen molar-refractivity contribution in [3.05, 3.63) is 0 Å². The number of carbonyl (C=O) groups excluding carboxylic acids is 1. The van der Waals surface area contributed by atoms with Crippen molar-refractivity contribution < 1.29 is 9.53 Å². The van der Waals surface area contributed by atoms with Gasteiger partial charge in [0, 0.05) is 24.2 Å². The second kappa shape index (κ2) is 4.46. The zero-order chi connectivity index (χ0) is 10.9. The van der Waals surface area contributed by atoms with Gasteiger partial charge < -0.3 is 4.74 Å². The van der Waals surface area contributed by atoms with Crippen molar-refractivity contribution in [2.24, 2.45) is 11.8 Å². The highest BCUT2D eigenvalue weighted by Crippen LogP contribution is 2.41. The molecule has 0 N–H and O–H groups in total. The van der Waals surface area contributed by atoms with Gasteiger partial charge in [-0.1, -0.05) is 13.8 Å². The number of rotatable bonds is 2. The van der Waals surface area contributed by atoms with E-state index >= 15 is 0 Å². The molecule has 0 aromatic rings. The van der Waals surface area contributed by atoms with Crippen LogP contribution < -0.4 is 0 Å². The SMILES string of the molecule is CC(C)C(=O)C1CCOC2(CCSC2)C1. The summed E-state index contributed by atoms with van der Waals surface area (Å²) in [6.07, 6.45) is 3.04. The molecule has 0 amide bonds. The molecule has 3 heteroatoms. The molecule has 0 aliphatic carbocycles. The fourth-order valence-corrected chi connectivity index (χ4v) is 3.98. The second-order valence-electron chi connectivity index (χ2n) is 5.08. The smallest absolute Gasteiger partial charge is 0.138 e. The Kier molecular flexibility index (Phi) is 3.41. The number of ketones is 1. The minimum absolute atomic E-state index is 0.0537. The number of thioether (sulfide) groups is 1. The van der Waals surface area contributed by atoms with Crippen molar-refractivity contribution in [2.45, 2.75) is 38.7 Å². The molecule has 2 aliphatic rings. The highest BCUT2D eigenvalue weighted by atomic mass is 32.2. The normalized spacial score (nSPS) is 36.3. The Morgan fingerprint density at radius 2 is 2.33 bits per heavy atom. The highest BCUT2D eigenvalue weighted by molar-refractivity contribution is 7.99. The Morgan fingerprint density at radius 3 is 2.93 bits per heavy atom. The molecule has 2 atom stereocenters. The molecule has 2 unspecified atom stereocenters. The summed E-state index contributed by atoms with van der Waals surface area (Å²) in [6, 6.07) is 0. The molecular weight excluding hydrogens is 208 g/mol. The van der Waals surface area contributed by atoms with E-state index in [9.17, 15) is 4.79 Å². The van der Waals surface area contributed by atoms with Crippen LogP contribution in [-0.2, 0) is 9.53 Å². The van der Waals surface area contributed by atoms with Gasteiger partial charge in [0.2, 0.25) is 0 Å². The zero-order valence-corrected chi connectivity index (χ0v) is 10.4. The van der Waals surface area contributed by atoms with Crippen molar-refractivity contribution in [2.75, 3.05) is 18.1 Å². The summed E-state index contributed by atoms with van der Waals surface area (Å²) in [7, 11) is 0. The molecule has 0 aromatic carbocycles. The largest absolute Gasteiger partial charge is 0.374 e. The van der Waals surface area contributed by atoms with Gasteiger partial charge in [-0.3, -0.25) is 4.79 Å². The van der Waals surface area contributed by atoms with Crippen LogP contribution in [0.5, 0.6) is 0 Å². The standard InChI is InChI=1S/C12H20O2S/c1-9(2)11(13)10-3-5-14-12(7-10)4-6-15-8-12/h9-10H,3-8H2,1-2H3. The van der Waals surface area contributed by atoms with E-state index in [1.807, 2.05) is 25.6 Å². The third-order valence-electron chi connectivity index (χ3n) is 3.53. The topological polar surface area (TPSA) is 26.3 Å². The maximum atomic E-state index is 12.0. The predicted molar refractivity (Wildman–Crippen MR) is 63.2 cm³/mol. The van der Waals surface area contributed by atoms with Crippen LogP contribution in [0.1, 0.15) is 33.1 Å². The van der Waals surface area contributed by atoms with Crippen molar-refractivity contribution >= 4 is 17.5 Å². The van der Waals surface area contributed by atoms with E-state index in [4.69, 9.17) is 4.74 Å². The first-order valence-corrected chi connectivity index (χ1v) is 7.04. The van der Waals surface area contributed by atoms with E-state index < -0.39 is 0 Å². The Balaban J connectivity index is 2.00. The van der Waals surface area contributed by atoms with Gasteiger partial charge in [-0.2, -0.15) is 11.8 Å². The minimum atomic E-state index is 0.0537. The summed E-state index contributed by atoms with van der Waals surface area (Å²) in [5.74, 6) is 3.17. The highest BCUT2D eigenvalue weighted by Gasteiger charge is 2.42. The molecule has 2 heterocycles. The monoisotopic (exact) mass is 228 g/mol. The first-order valence-electron chi connectivity index (χ1n) is 5.88. The fraction of sp³-hybridized carbons (Fsp3) is 0.917. The molecule has 2 saturated heterocycles. The van der Waals surface area contributed by atoms with Crippen LogP contribution in [0.25, 0.3) is 0 Å². The summed E-state index contributed by atoms with van der Waals surface area (Å²) in [5, 5.41) is 0. The van der Waals surface area contributed by atoms with Crippen LogP contribution in [0.4, 0.5) is 0 Å². The summed E-state index contributed by atoms with van der Waals surface area (Å²) >= 11 is 1.97. The second-order valence-corrected chi connectivity index (χ2v) is 6.19. The zero-order valence-electron chi connectivity index (χ0n) is 9.62. The Labute approximate surface area is 96.1 Å². The van der Waals surface area contributed by atoms with Crippen LogP contribution in [0.3, 0.4) is 0 Å². The van der Waals surface area contributed by atoms with Crippen molar-refractivity contribution in [3.8, 4) is 0 Å². The van der Waals surface area contributed by atoms with Gasteiger partial charge in [0.05, 0.1) is 5.60 Å². The molecule has 2 rings (SSSR count). The number of Topliss-reactive ketones (excluding diaryl/α,β-unsaturated/α-hetero) is 1. The van der Waals surface area contributed by atoms with Gasteiger partial charge in [-0.25, -0.2) is 0 Å². The van der Waals surface area contributed by atoms with E-state index in [1.165, 1.54) is 5.75 Å². The van der Waals surface area contributed by atoms with E-state index in [0.29, 0.717) is 5.78 Å². The average Bonchev–Trinajstić information content (AvgIpc) is 2.65. The van der Waals surface area contributed by atoms with E-state index in [-0.39, 0.29) is 17.4 Å². The lowest BCUT2D eigenvalue weighted by Gasteiger charge is -2.37. The lowest BCUT2D eigenvalue weighted by molar-refractivity contribution is -0.136. The molecular formula is C12H20O2S. The average molecular weight is 228 g/mol. The molecule has 0 aromatic heterocycles. The maximum absolute atomic E-state index is 12.0. The molecule has 2 fully saturated rings. The molecule has 15 heavy (non-hydrogen) atoms. The molecule has 0 bridgehead atoms. The fourth-order valence-electron chi connectivity index (χ4n) is 2.61. The van der Waals surface area contributed by atoms with Gasteiger partial charge in [0.25, 0.3) is 0 Å². The Bertz CT molecular complexity index is 244. The van der Waals surface area contributed by atoms with Gasteiger partial charge in [-0.15, -0.1) is 0 Å². The number of carbonyl (C=O) groups is 1. The van der Waals surface area contributed by atoms with E-state index in [0.717, 1.165) is 31.6 Å². The number of hydrogen-bond acceptors (Lipinski definition) is 3. The van der Waals surface area contributed by atoms with Crippen molar-refractivity contribution in [1.29, 1.82) is 0 Å². The Morgan fingerprint density at radius 1 is 1.53 bits per heavy atom. The molecule has 0 radical (unpaired) electrons. The molecule has 1 spiro atoms. The van der Waals surface area contributed by atoms with Crippen LogP contribution in [0.15, 0.2) is 0 Å². The van der Waals surface area contributed by atoms with Crippen LogP contribution in [0.2, 0.25) is 0 Å². The maximum Gasteiger partial charge on any atom is 0.138 e. The van der Waals surface area contributed by atoms with E-state index in [1.54, 1.807) is 0 Å². The summed E-state index contributed by atoms with van der Waals surface area (Å²) in [4.78, 5) is 12.0. The summed E-state index contributed by atoms with van der Waals surface area (Å²) in [5.41, 5.74) is 0.0537. The molecule has 86 valence electrons. The van der Waals surface area contributed by atoms with Crippen molar-refractivity contribution in [3.63, 3.8) is 0 Å². The third-order valence-corrected chi connectivity index (χ3v) is 4.75. The number of ether oxygens (including phenoxy) is 1. The van der Waals surface area contributed by atoms with Gasteiger partial charge in [0.1, 0.15) is 5.78 Å². The minimum Gasteiger partial charge on any atom is -0.374 e. The summed E-state index contributed by atoms with van der Waals surface area (Å²) < 4.78 is 5.91. The third kappa shape index (κ3) is 2.39. The van der Waals surface area contributed by atoms with E-state index in [2.05, 4.69) is 0 Å². The van der Waals surface area contributed by atoms with Gasteiger partial charge in [0.15, 0.2) is 0 Å². The lowest BCUT2D eigenvalue weighted by Crippen LogP contribution is -2.42. The molecule has 0 saturated carbocycles. The Hall–Kier alpha value is -0.0200. The summed E-state index contributed by atoms with van der Waals surface area (Å²) in [6.45, 7) is 4.80. The van der Waals surface area contributed by atoms with Crippen molar-refractivity contribution in [1.82, 2.24) is 0 Å². The molecule has 2 aliphatic heterocycles. The van der Waals surface area contributed by atoms with Gasteiger partial charge in [-0.05, 0) is 25.0 Å². The first kappa shape index (κ1) is 11.5. The molecule has 2 nitrogen and oxygen atoms in total. The van der Waals surface area contributed by atoms with Gasteiger partial charge >= 0.3 is 0 Å².